The summed E-state index contributed by atoms with van der Waals surface area (Å²) in [6, 6.07) is -1.12. The first-order valence-electron chi connectivity index (χ1n) is 4.40. The van der Waals surface area contributed by atoms with Gasteiger partial charge in [0.15, 0.2) is 6.04 Å². The summed E-state index contributed by atoms with van der Waals surface area (Å²) in [6.45, 7) is 3.63. The molecule has 0 saturated carbocycles. The first kappa shape index (κ1) is 9.79. The van der Waals surface area contributed by atoms with Gasteiger partial charge in [0.05, 0.1) is 12.0 Å². The number of amides is 1. The quantitative estimate of drug-likeness (QED) is 0.487. The smallest absolute Gasteiger partial charge is 0.285 e. The van der Waals surface area contributed by atoms with Crippen LogP contribution in [0.5, 0.6) is 0 Å². The van der Waals surface area contributed by atoms with E-state index in [1.165, 1.54) is 16.7 Å². The van der Waals surface area contributed by atoms with Crippen molar-refractivity contribution in [1.29, 1.82) is 0 Å². The van der Waals surface area contributed by atoms with Crippen molar-refractivity contribution in [3.63, 3.8) is 0 Å². The molecule has 1 amide bonds. The van der Waals surface area contributed by atoms with Gasteiger partial charge >= 0.3 is 0 Å². The number of fused-ring (bicyclic) bond motifs is 1. The standard InChI is InChI=1S/C8H12N2O3S/c1-8(2)4(7(12)13)10-5(11)3(9)6(10)14-8/h3-4,6H,9H2,1-2H3,(H,12,13)/t3-,4+,6+/m1/s1. The number of rotatable bonds is 1. The van der Waals surface area contributed by atoms with Crippen molar-refractivity contribution in [3.05, 3.63) is 0 Å². The minimum Gasteiger partial charge on any atom is -0.548 e. The molecule has 0 aliphatic carbocycles. The second kappa shape index (κ2) is 2.64. The molecule has 3 N–H and O–H groups in total. The minimum absolute atomic E-state index is 0.0830. The molecule has 0 aromatic heterocycles. The highest BCUT2D eigenvalue weighted by atomic mass is 32.2. The average molecular weight is 216 g/mol. The molecule has 0 spiro atoms. The summed E-state index contributed by atoms with van der Waals surface area (Å²) in [5.74, 6) is -1.35. The summed E-state index contributed by atoms with van der Waals surface area (Å²) < 4.78 is -0.481. The van der Waals surface area contributed by atoms with Crippen molar-refractivity contribution < 1.29 is 20.4 Å². The number of carbonyl (C=O) groups excluding carboxylic acids is 2. The molecule has 0 radical (unpaired) electrons. The van der Waals surface area contributed by atoms with Gasteiger partial charge in [-0.25, -0.2) is 0 Å². The second-order valence-electron chi connectivity index (χ2n) is 4.19. The molecule has 2 fully saturated rings. The fourth-order valence-corrected chi connectivity index (χ4v) is 3.65. The Balaban J connectivity index is 2.32. The maximum Gasteiger partial charge on any atom is 0.285 e. The molecule has 2 aliphatic heterocycles. The van der Waals surface area contributed by atoms with Gasteiger partial charge in [0.2, 0.25) is 0 Å². The predicted octanol–water partition coefficient (Wildman–Crippen LogP) is -2.59. The number of carboxylic acid groups (broad SMARTS) is 1. The van der Waals surface area contributed by atoms with Crippen LogP contribution in [0, 0.1) is 0 Å². The van der Waals surface area contributed by atoms with Crippen LogP contribution in [-0.4, -0.2) is 39.0 Å². The second-order valence-corrected chi connectivity index (χ2v) is 5.96. The van der Waals surface area contributed by atoms with Gasteiger partial charge in [-0.2, -0.15) is 0 Å². The van der Waals surface area contributed by atoms with E-state index in [4.69, 9.17) is 0 Å². The van der Waals surface area contributed by atoms with Crippen LogP contribution < -0.4 is 10.8 Å². The highest BCUT2D eigenvalue weighted by Crippen LogP contribution is 2.49. The first-order valence-corrected chi connectivity index (χ1v) is 5.28. The Bertz CT molecular complexity index is 318. The van der Waals surface area contributed by atoms with Crippen LogP contribution in [0.3, 0.4) is 0 Å². The van der Waals surface area contributed by atoms with Crippen molar-refractivity contribution in [3.8, 4) is 0 Å². The lowest BCUT2D eigenvalue weighted by molar-refractivity contribution is -0.426. The Kier molecular flexibility index (Phi) is 1.84. The zero-order valence-corrected chi connectivity index (χ0v) is 8.84. The molecule has 0 aromatic carbocycles. The maximum atomic E-state index is 11.4. The van der Waals surface area contributed by atoms with Gasteiger partial charge in [0, 0.05) is 4.75 Å². The van der Waals surface area contributed by atoms with E-state index in [0.717, 1.165) is 0 Å². The zero-order chi connectivity index (χ0) is 10.7. The monoisotopic (exact) mass is 216 g/mol. The fraction of sp³-hybridized carbons (Fsp3) is 0.750. The highest BCUT2D eigenvalue weighted by molar-refractivity contribution is 8.01. The number of carboxylic acids is 1. The third-order valence-electron chi connectivity index (χ3n) is 2.77. The number of hydrogen-bond acceptors (Lipinski definition) is 4. The van der Waals surface area contributed by atoms with Crippen LogP contribution in [0.4, 0.5) is 0 Å². The van der Waals surface area contributed by atoms with Crippen molar-refractivity contribution in [2.75, 3.05) is 0 Å². The molecule has 5 nitrogen and oxygen atoms in total. The van der Waals surface area contributed by atoms with Crippen LogP contribution in [0.25, 0.3) is 0 Å². The lowest BCUT2D eigenvalue weighted by atomic mass is 9.96. The largest absolute Gasteiger partial charge is 0.548 e. The Morgan fingerprint density at radius 3 is 2.71 bits per heavy atom. The van der Waals surface area contributed by atoms with Gasteiger partial charge in [-0.3, -0.25) is 4.79 Å². The summed E-state index contributed by atoms with van der Waals surface area (Å²) in [5, 5.41) is 10.8. The fourth-order valence-electron chi connectivity index (χ4n) is 2.07. The lowest BCUT2D eigenvalue weighted by Crippen LogP contribution is -2.83. The van der Waals surface area contributed by atoms with E-state index in [2.05, 4.69) is 5.73 Å². The summed E-state index contributed by atoms with van der Waals surface area (Å²) in [4.78, 5) is 23.7. The number of quaternary nitrogens is 1. The van der Waals surface area contributed by atoms with Crippen molar-refractivity contribution >= 4 is 23.6 Å². The molecule has 2 saturated heterocycles. The topological polar surface area (TPSA) is 88.1 Å². The minimum atomic E-state index is -1.18. The number of nitrogens with zero attached hydrogens (tertiary/aromatic N) is 1. The summed E-state index contributed by atoms with van der Waals surface area (Å²) in [7, 11) is 0. The molecule has 0 bridgehead atoms. The molecular formula is C8H12N2O3S. The summed E-state index contributed by atoms with van der Waals surface area (Å²) >= 11 is 1.49. The predicted molar refractivity (Wildman–Crippen MR) is 47.8 cm³/mol. The molecule has 0 aromatic rings. The summed E-state index contributed by atoms with van der Waals surface area (Å²) in [5.41, 5.74) is 3.70. The normalized spacial score (nSPS) is 39.2. The van der Waals surface area contributed by atoms with Gasteiger partial charge in [0.1, 0.15) is 5.37 Å². The van der Waals surface area contributed by atoms with Crippen molar-refractivity contribution in [2.24, 2.45) is 0 Å². The first-order chi connectivity index (χ1) is 6.36. The van der Waals surface area contributed by atoms with E-state index in [0.29, 0.717) is 0 Å². The SMILES string of the molecule is CC1(C)S[C@H]2[C@H]([NH3+])C(=O)N2[C@H]1C(=O)[O-]. The molecule has 78 valence electrons. The number of thioether (sulfide) groups is 1. The number of hydrogen-bond donors (Lipinski definition) is 1. The maximum absolute atomic E-state index is 11.4. The van der Waals surface area contributed by atoms with Gasteiger partial charge in [0.25, 0.3) is 5.91 Å². The molecule has 0 unspecified atom stereocenters. The zero-order valence-electron chi connectivity index (χ0n) is 8.02. The summed E-state index contributed by atoms with van der Waals surface area (Å²) in [6.07, 6.45) is 0. The van der Waals surface area contributed by atoms with Gasteiger partial charge in [-0.15, -0.1) is 11.8 Å². The van der Waals surface area contributed by atoms with E-state index in [1.807, 2.05) is 13.8 Å². The van der Waals surface area contributed by atoms with Gasteiger partial charge in [-0.1, -0.05) is 0 Å². The number of carbonyl (C=O) groups is 2. The number of β-lactam (4-membered cyclic amide) rings is 1. The molecule has 2 rings (SSSR count). The van der Waals surface area contributed by atoms with Crippen LogP contribution in [0.15, 0.2) is 0 Å². The molecule has 3 atom stereocenters. The average Bonchev–Trinajstić information content (AvgIpc) is 2.34. The van der Waals surface area contributed by atoms with E-state index < -0.39 is 16.8 Å². The van der Waals surface area contributed by atoms with E-state index in [-0.39, 0.29) is 17.3 Å². The van der Waals surface area contributed by atoms with E-state index in [9.17, 15) is 14.7 Å². The van der Waals surface area contributed by atoms with Gasteiger partial charge < -0.3 is 20.5 Å². The van der Waals surface area contributed by atoms with Crippen LogP contribution in [0.2, 0.25) is 0 Å². The van der Waals surface area contributed by atoms with E-state index in [1.54, 1.807) is 0 Å². The Hall–Kier alpha value is -0.750. The van der Waals surface area contributed by atoms with Crippen molar-refractivity contribution in [2.45, 2.75) is 36.1 Å². The van der Waals surface area contributed by atoms with Crippen LogP contribution in [-0.2, 0) is 9.59 Å². The van der Waals surface area contributed by atoms with E-state index >= 15 is 0 Å². The lowest BCUT2D eigenvalue weighted by Gasteiger charge is -2.40. The third kappa shape index (κ3) is 1.01. The Morgan fingerprint density at radius 1 is 1.64 bits per heavy atom. The molecule has 6 heteroatoms. The Labute approximate surface area is 85.6 Å². The molecule has 2 heterocycles. The van der Waals surface area contributed by atoms with Crippen molar-refractivity contribution in [1.82, 2.24) is 4.90 Å². The van der Waals surface area contributed by atoms with Gasteiger partial charge in [-0.05, 0) is 13.8 Å². The number of aliphatic carboxylic acids is 1. The molecular weight excluding hydrogens is 204 g/mol. The third-order valence-corrected chi connectivity index (χ3v) is 4.40. The molecule has 14 heavy (non-hydrogen) atoms. The van der Waals surface area contributed by atoms with Crippen LogP contribution in [0.1, 0.15) is 13.8 Å². The molecule has 2 aliphatic rings. The van der Waals surface area contributed by atoms with Crippen LogP contribution >= 0.6 is 11.8 Å². The highest BCUT2D eigenvalue weighted by Gasteiger charge is 2.62. The Morgan fingerprint density at radius 2 is 2.21 bits per heavy atom.